The first-order valence-electron chi connectivity index (χ1n) is 5.30. The van der Waals surface area contributed by atoms with E-state index in [0.717, 1.165) is 11.8 Å². The number of hydrogen-bond donors (Lipinski definition) is 0. The van der Waals surface area contributed by atoms with Gasteiger partial charge in [-0.2, -0.15) is 12.3 Å². The lowest BCUT2D eigenvalue weighted by Gasteiger charge is -2.41. The van der Waals surface area contributed by atoms with Crippen molar-refractivity contribution in [2.75, 3.05) is 0 Å². The van der Waals surface area contributed by atoms with Crippen molar-refractivity contribution in [1.29, 1.82) is 0 Å². The van der Waals surface area contributed by atoms with E-state index in [1.807, 2.05) is 0 Å². The van der Waals surface area contributed by atoms with Crippen molar-refractivity contribution in [3.8, 4) is 0 Å². The van der Waals surface area contributed by atoms with Gasteiger partial charge in [0.05, 0.1) is 0 Å². The summed E-state index contributed by atoms with van der Waals surface area (Å²) in [5.74, 6) is 1.78. The topological polar surface area (TPSA) is 0 Å². The Balaban J connectivity index is 1.88. The predicted molar refractivity (Wildman–Crippen MR) is 52.4 cm³/mol. The molecule has 2 unspecified atom stereocenters. The average Bonchev–Trinajstić information content (AvgIpc) is 2.21. The molecular weight excluding hydrogens is 144 g/mol. The quantitative estimate of drug-likeness (QED) is 0.517. The lowest BCUT2D eigenvalue weighted by Crippen LogP contribution is -2.18. The van der Waals surface area contributed by atoms with Crippen LogP contribution in [0, 0.1) is 24.7 Å². The van der Waals surface area contributed by atoms with Crippen LogP contribution in [0.1, 0.15) is 38.5 Å². The predicted octanol–water partition coefficient (Wildman–Crippen LogP) is 3.55. The summed E-state index contributed by atoms with van der Waals surface area (Å²) in [7, 11) is 0. The fraction of sp³-hybridized carbons (Fsp3) is 0.667. The molecule has 68 valence electrons. The maximum atomic E-state index is 2.56. The van der Waals surface area contributed by atoms with E-state index >= 15 is 0 Å². The van der Waals surface area contributed by atoms with Gasteiger partial charge in [-0.3, -0.25) is 0 Å². The fourth-order valence-electron chi connectivity index (χ4n) is 2.42. The number of hydrogen-bond acceptors (Lipinski definition) is 0. The highest BCUT2D eigenvalue weighted by Gasteiger charge is 2.11. The van der Waals surface area contributed by atoms with Gasteiger partial charge in [-0.25, -0.2) is 18.6 Å². The van der Waals surface area contributed by atoms with Gasteiger partial charge in [0.2, 0.25) is 0 Å². The fourth-order valence-corrected chi connectivity index (χ4v) is 2.42. The zero-order valence-corrected chi connectivity index (χ0v) is 7.71. The summed E-state index contributed by atoms with van der Waals surface area (Å²) in [6.07, 6.45) is 17.9. The lowest BCUT2D eigenvalue weighted by atomic mass is 9.76. The molecule has 0 bridgehead atoms. The highest BCUT2D eigenvalue weighted by atomic mass is 14.3. The van der Waals surface area contributed by atoms with E-state index < -0.39 is 0 Å². The Bertz CT molecular complexity index is 151. The Labute approximate surface area is 76.1 Å². The van der Waals surface area contributed by atoms with Crippen LogP contribution in [-0.2, 0) is 0 Å². The van der Waals surface area contributed by atoms with Crippen molar-refractivity contribution in [2.45, 2.75) is 38.5 Å². The Morgan fingerprint density at radius 3 is 2.75 bits per heavy atom. The maximum Gasteiger partial charge on any atom is -0.0579 e. The minimum absolute atomic E-state index is 0.871. The molecule has 2 aliphatic carbocycles. The molecule has 0 spiro atoms. The van der Waals surface area contributed by atoms with Gasteiger partial charge >= 0.3 is 0 Å². The molecular formula is C12H18-2. The van der Waals surface area contributed by atoms with Gasteiger partial charge < -0.3 is 6.42 Å². The zero-order valence-electron chi connectivity index (χ0n) is 7.71. The summed E-state index contributed by atoms with van der Waals surface area (Å²) in [4.78, 5) is 0. The summed E-state index contributed by atoms with van der Waals surface area (Å²) in [6.45, 7) is 0. The van der Waals surface area contributed by atoms with E-state index in [0.29, 0.717) is 0 Å². The van der Waals surface area contributed by atoms with Crippen molar-refractivity contribution < 1.29 is 0 Å². The molecule has 2 atom stereocenters. The highest BCUT2D eigenvalue weighted by Crippen LogP contribution is 2.34. The number of allylic oxidation sites excluding steroid dienone is 2. The van der Waals surface area contributed by atoms with Crippen molar-refractivity contribution in [2.24, 2.45) is 11.8 Å². The van der Waals surface area contributed by atoms with Gasteiger partial charge in [0, 0.05) is 0 Å². The second-order valence-electron chi connectivity index (χ2n) is 4.05. The minimum atomic E-state index is 0.871. The molecule has 0 amide bonds. The molecule has 0 aliphatic heterocycles. The summed E-state index contributed by atoms with van der Waals surface area (Å²) in [5.41, 5.74) is 0. The van der Waals surface area contributed by atoms with Crippen LogP contribution in [0.25, 0.3) is 0 Å². The first-order valence-corrected chi connectivity index (χ1v) is 5.30. The first-order chi connectivity index (χ1) is 5.97. The Morgan fingerprint density at radius 1 is 1.08 bits per heavy atom. The normalized spacial score (nSPS) is 36.0. The van der Waals surface area contributed by atoms with Crippen molar-refractivity contribution >= 4 is 0 Å². The highest BCUT2D eigenvalue weighted by molar-refractivity contribution is 5.06. The van der Waals surface area contributed by atoms with Crippen LogP contribution in [0.2, 0.25) is 0 Å². The monoisotopic (exact) mass is 162 g/mol. The minimum Gasteiger partial charge on any atom is -0.326 e. The molecule has 1 saturated carbocycles. The van der Waals surface area contributed by atoms with E-state index in [2.05, 4.69) is 25.0 Å². The molecule has 2 rings (SSSR count). The number of rotatable bonds is 1. The third kappa shape index (κ3) is 1.85. The summed E-state index contributed by atoms with van der Waals surface area (Å²) in [6, 6.07) is 0. The Kier molecular flexibility index (Phi) is 2.75. The van der Waals surface area contributed by atoms with E-state index in [9.17, 15) is 0 Å². The van der Waals surface area contributed by atoms with Gasteiger partial charge in [0.15, 0.2) is 0 Å². The zero-order chi connectivity index (χ0) is 8.23. The molecule has 0 radical (unpaired) electrons. The Morgan fingerprint density at radius 2 is 2.08 bits per heavy atom. The molecule has 12 heavy (non-hydrogen) atoms. The summed E-state index contributed by atoms with van der Waals surface area (Å²) < 4.78 is 0. The van der Waals surface area contributed by atoms with Crippen molar-refractivity contribution in [3.63, 3.8) is 0 Å². The largest absolute Gasteiger partial charge is 0.326 e. The first kappa shape index (κ1) is 8.22. The van der Waals surface area contributed by atoms with Gasteiger partial charge in [-0.05, 0) is 0 Å². The third-order valence-corrected chi connectivity index (χ3v) is 3.17. The van der Waals surface area contributed by atoms with Crippen LogP contribution in [0.4, 0.5) is 0 Å². The van der Waals surface area contributed by atoms with Crippen LogP contribution in [0.5, 0.6) is 0 Å². The molecule has 1 fully saturated rings. The molecule has 0 aromatic heterocycles. The van der Waals surface area contributed by atoms with Gasteiger partial charge in [-0.15, -0.1) is 12.3 Å². The maximum absolute atomic E-state index is 2.56. The Hall–Kier alpha value is -0.390. The van der Waals surface area contributed by atoms with E-state index in [4.69, 9.17) is 0 Å². The SMILES string of the molecule is C1=CC(C2[CH-]CCCC2)CC[CH-]1. The van der Waals surface area contributed by atoms with Crippen LogP contribution >= 0.6 is 0 Å². The van der Waals surface area contributed by atoms with Gasteiger partial charge in [-0.1, -0.05) is 25.7 Å². The third-order valence-electron chi connectivity index (χ3n) is 3.17. The van der Waals surface area contributed by atoms with Crippen LogP contribution in [-0.4, -0.2) is 0 Å². The second kappa shape index (κ2) is 4.02. The summed E-state index contributed by atoms with van der Waals surface area (Å²) >= 11 is 0. The molecule has 0 aromatic rings. The molecule has 2 aliphatic rings. The van der Waals surface area contributed by atoms with E-state index in [1.54, 1.807) is 0 Å². The standard InChI is InChI=1S/C12H18/c1-3-7-11(8-4-1)12-9-5-2-6-10-12/h1,3,7,9,11-12H,2,4-6,8,10H2/q-2. The molecule has 0 aromatic carbocycles. The average molecular weight is 162 g/mol. The molecule has 0 saturated heterocycles. The lowest BCUT2D eigenvalue weighted by molar-refractivity contribution is 0.338. The van der Waals surface area contributed by atoms with Crippen LogP contribution in [0.15, 0.2) is 12.2 Å². The van der Waals surface area contributed by atoms with Crippen molar-refractivity contribution in [3.05, 3.63) is 25.0 Å². The molecule has 0 heteroatoms. The van der Waals surface area contributed by atoms with Gasteiger partial charge in [0.1, 0.15) is 0 Å². The van der Waals surface area contributed by atoms with Crippen LogP contribution in [0.3, 0.4) is 0 Å². The smallest absolute Gasteiger partial charge is 0.0579 e. The molecule has 0 nitrogen and oxygen atoms in total. The van der Waals surface area contributed by atoms with Crippen LogP contribution < -0.4 is 0 Å². The van der Waals surface area contributed by atoms with Crippen molar-refractivity contribution in [1.82, 2.24) is 0 Å². The molecule has 0 N–H and O–H groups in total. The van der Waals surface area contributed by atoms with E-state index in [1.165, 1.54) is 38.5 Å². The second-order valence-corrected chi connectivity index (χ2v) is 4.05. The molecule has 0 heterocycles. The summed E-state index contributed by atoms with van der Waals surface area (Å²) in [5, 5.41) is 0. The van der Waals surface area contributed by atoms with E-state index in [-0.39, 0.29) is 0 Å². The van der Waals surface area contributed by atoms with Gasteiger partial charge in [0.25, 0.3) is 0 Å².